The van der Waals surface area contributed by atoms with E-state index in [2.05, 4.69) is 29.7 Å². The predicted octanol–water partition coefficient (Wildman–Crippen LogP) is 3.85. The number of nitrogens with one attached hydrogen (secondary N) is 2. The lowest BCUT2D eigenvalue weighted by molar-refractivity contribution is 0.0793. The smallest absolute Gasteiger partial charge is 0.319 e. The molecule has 2 N–H and O–H groups in total. The van der Waals surface area contributed by atoms with Gasteiger partial charge in [0.1, 0.15) is 0 Å². The maximum Gasteiger partial charge on any atom is 0.319 e. The summed E-state index contributed by atoms with van der Waals surface area (Å²) in [5.41, 5.74) is 2.53. The highest BCUT2D eigenvalue weighted by Gasteiger charge is 2.19. The molecule has 1 heterocycles. The standard InChI is InChI=1S/C21H25N3O2/c1-16(17-7-3-2-4-8-17)15-22-21(26)23-19-11-9-18(10-12-19)20(25)24-13-5-6-14-24/h2-4,7-12,16H,5-6,13-15H2,1H3,(H2,22,23,26)/t16-/m0/s1. The van der Waals surface area contributed by atoms with Crippen LogP contribution in [0.15, 0.2) is 54.6 Å². The molecule has 1 aliphatic rings. The van der Waals surface area contributed by atoms with E-state index in [1.54, 1.807) is 24.3 Å². The Morgan fingerprint density at radius 1 is 1.00 bits per heavy atom. The zero-order valence-corrected chi connectivity index (χ0v) is 15.1. The Labute approximate surface area is 154 Å². The minimum Gasteiger partial charge on any atom is -0.339 e. The Balaban J connectivity index is 1.49. The molecule has 0 aromatic heterocycles. The van der Waals surface area contributed by atoms with Gasteiger partial charge in [-0.2, -0.15) is 0 Å². The van der Waals surface area contributed by atoms with Gasteiger partial charge in [0.15, 0.2) is 0 Å². The number of carbonyl (C=O) groups excluding carboxylic acids is 2. The van der Waals surface area contributed by atoms with Gasteiger partial charge in [0, 0.05) is 30.9 Å². The van der Waals surface area contributed by atoms with Gasteiger partial charge in [-0.3, -0.25) is 4.79 Å². The molecule has 0 saturated carbocycles. The van der Waals surface area contributed by atoms with Crippen molar-refractivity contribution in [3.63, 3.8) is 0 Å². The minimum absolute atomic E-state index is 0.0650. The first-order chi connectivity index (χ1) is 12.6. The van der Waals surface area contributed by atoms with Crippen LogP contribution in [0, 0.1) is 0 Å². The molecule has 0 radical (unpaired) electrons. The number of anilines is 1. The van der Waals surface area contributed by atoms with Crippen molar-refractivity contribution in [3.8, 4) is 0 Å². The fraction of sp³-hybridized carbons (Fsp3) is 0.333. The maximum atomic E-state index is 12.3. The van der Waals surface area contributed by atoms with Crippen molar-refractivity contribution in [2.24, 2.45) is 0 Å². The van der Waals surface area contributed by atoms with E-state index in [0.717, 1.165) is 25.9 Å². The molecule has 0 aliphatic carbocycles. The molecule has 1 aliphatic heterocycles. The van der Waals surface area contributed by atoms with E-state index in [1.165, 1.54) is 5.56 Å². The molecule has 5 nitrogen and oxygen atoms in total. The molecule has 2 aromatic rings. The van der Waals surface area contributed by atoms with E-state index < -0.39 is 0 Å². The quantitative estimate of drug-likeness (QED) is 0.859. The predicted molar refractivity (Wildman–Crippen MR) is 103 cm³/mol. The first-order valence-corrected chi connectivity index (χ1v) is 9.12. The highest BCUT2D eigenvalue weighted by molar-refractivity contribution is 5.95. The summed E-state index contributed by atoms with van der Waals surface area (Å²) in [5.74, 6) is 0.303. The van der Waals surface area contributed by atoms with Gasteiger partial charge in [-0.25, -0.2) is 4.79 Å². The SMILES string of the molecule is C[C@@H](CNC(=O)Nc1ccc(C(=O)N2CCCC2)cc1)c1ccccc1. The number of carbonyl (C=O) groups is 2. The van der Waals surface area contributed by atoms with Crippen LogP contribution in [0.5, 0.6) is 0 Å². The van der Waals surface area contributed by atoms with Crippen molar-refractivity contribution in [1.29, 1.82) is 0 Å². The third-order valence-electron chi connectivity index (χ3n) is 4.72. The van der Waals surface area contributed by atoms with Crippen LogP contribution >= 0.6 is 0 Å². The number of rotatable bonds is 5. The molecule has 5 heteroatoms. The van der Waals surface area contributed by atoms with Crippen LogP contribution in [0.1, 0.15) is 41.6 Å². The van der Waals surface area contributed by atoms with Gasteiger partial charge in [-0.15, -0.1) is 0 Å². The van der Waals surface area contributed by atoms with E-state index in [0.29, 0.717) is 17.8 Å². The molecular weight excluding hydrogens is 326 g/mol. The molecular formula is C21H25N3O2. The largest absolute Gasteiger partial charge is 0.339 e. The molecule has 136 valence electrons. The lowest BCUT2D eigenvalue weighted by Gasteiger charge is -2.16. The van der Waals surface area contributed by atoms with Gasteiger partial charge in [-0.1, -0.05) is 37.3 Å². The van der Waals surface area contributed by atoms with Crippen molar-refractivity contribution >= 4 is 17.6 Å². The number of hydrogen-bond donors (Lipinski definition) is 2. The average Bonchev–Trinajstić information content (AvgIpc) is 3.21. The van der Waals surface area contributed by atoms with Crippen LogP contribution in [0.2, 0.25) is 0 Å². The van der Waals surface area contributed by atoms with Crippen molar-refractivity contribution in [2.45, 2.75) is 25.7 Å². The molecule has 3 amide bonds. The highest BCUT2D eigenvalue weighted by Crippen LogP contribution is 2.16. The number of benzene rings is 2. The number of nitrogens with zero attached hydrogens (tertiary/aromatic N) is 1. The maximum absolute atomic E-state index is 12.3. The van der Waals surface area contributed by atoms with Crippen LogP contribution < -0.4 is 10.6 Å². The monoisotopic (exact) mass is 351 g/mol. The van der Waals surface area contributed by atoms with E-state index in [1.807, 2.05) is 23.1 Å². The third-order valence-corrected chi connectivity index (χ3v) is 4.72. The fourth-order valence-corrected chi connectivity index (χ4v) is 3.12. The molecule has 3 rings (SSSR count). The lowest BCUT2D eigenvalue weighted by Crippen LogP contribution is -2.31. The molecule has 1 saturated heterocycles. The molecule has 2 aromatic carbocycles. The number of amides is 3. The Kier molecular flexibility index (Phi) is 5.89. The van der Waals surface area contributed by atoms with Crippen LogP contribution in [0.4, 0.5) is 10.5 Å². The van der Waals surface area contributed by atoms with Crippen LogP contribution in [0.25, 0.3) is 0 Å². The molecule has 26 heavy (non-hydrogen) atoms. The number of hydrogen-bond acceptors (Lipinski definition) is 2. The second-order valence-corrected chi connectivity index (χ2v) is 6.72. The zero-order chi connectivity index (χ0) is 18.4. The molecule has 1 atom stereocenters. The lowest BCUT2D eigenvalue weighted by atomic mass is 10.0. The summed E-state index contributed by atoms with van der Waals surface area (Å²) in [6.07, 6.45) is 2.15. The Morgan fingerprint density at radius 3 is 2.31 bits per heavy atom. The van der Waals surface area contributed by atoms with Gasteiger partial charge in [0.2, 0.25) is 0 Å². The minimum atomic E-state index is -0.244. The van der Waals surface area contributed by atoms with Crippen molar-refractivity contribution in [3.05, 3.63) is 65.7 Å². The van der Waals surface area contributed by atoms with Crippen molar-refractivity contribution < 1.29 is 9.59 Å². The van der Waals surface area contributed by atoms with Gasteiger partial charge in [0.25, 0.3) is 5.91 Å². The third kappa shape index (κ3) is 4.63. The zero-order valence-electron chi connectivity index (χ0n) is 15.1. The topological polar surface area (TPSA) is 61.4 Å². The Morgan fingerprint density at radius 2 is 1.65 bits per heavy atom. The molecule has 0 spiro atoms. The Bertz CT molecular complexity index is 738. The molecule has 1 fully saturated rings. The van der Waals surface area contributed by atoms with Crippen LogP contribution in [-0.2, 0) is 0 Å². The normalized spacial score (nSPS) is 14.7. The van der Waals surface area contributed by atoms with Crippen molar-refractivity contribution in [2.75, 3.05) is 25.0 Å². The van der Waals surface area contributed by atoms with E-state index >= 15 is 0 Å². The highest BCUT2D eigenvalue weighted by atomic mass is 16.2. The first kappa shape index (κ1) is 18.0. The fourth-order valence-electron chi connectivity index (χ4n) is 3.12. The summed E-state index contributed by atoms with van der Waals surface area (Å²) in [7, 11) is 0. The van der Waals surface area contributed by atoms with E-state index in [9.17, 15) is 9.59 Å². The van der Waals surface area contributed by atoms with Crippen LogP contribution in [0.3, 0.4) is 0 Å². The van der Waals surface area contributed by atoms with Crippen molar-refractivity contribution in [1.82, 2.24) is 10.2 Å². The van der Waals surface area contributed by atoms with Gasteiger partial charge in [-0.05, 0) is 48.6 Å². The van der Waals surface area contributed by atoms with E-state index in [-0.39, 0.29) is 17.9 Å². The van der Waals surface area contributed by atoms with Gasteiger partial charge in [0.05, 0.1) is 0 Å². The second-order valence-electron chi connectivity index (χ2n) is 6.72. The number of likely N-dealkylation sites (tertiary alicyclic amines) is 1. The van der Waals surface area contributed by atoms with Crippen LogP contribution in [-0.4, -0.2) is 36.5 Å². The number of urea groups is 1. The first-order valence-electron chi connectivity index (χ1n) is 9.12. The van der Waals surface area contributed by atoms with Gasteiger partial charge < -0.3 is 15.5 Å². The Hall–Kier alpha value is -2.82. The summed E-state index contributed by atoms with van der Waals surface area (Å²) in [6, 6.07) is 16.9. The summed E-state index contributed by atoms with van der Waals surface area (Å²) < 4.78 is 0. The average molecular weight is 351 g/mol. The summed E-state index contributed by atoms with van der Waals surface area (Å²) >= 11 is 0. The summed E-state index contributed by atoms with van der Waals surface area (Å²) in [5, 5.41) is 5.70. The summed E-state index contributed by atoms with van der Waals surface area (Å²) in [6.45, 7) is 4.30. The second kappa shape index (κ2) is 8.52. The molecule has 0 bridgehead atoms. The molecule has 0 unspecified atom stereocenters. The summed E-state index contributed by atoms with van der Waals surface area (Å²) in [4.78, 5) is 26.3. The van der Waals surface area contributed by atoms with Gasteiger partial charge >= 0.3 is 6.03 Å². The van der Waals surface area contributed by atoms with E-state index in [4.69, 9.17) is 0 Å².